The Hall–Kier alpha value is -2.40. The van der Waals surface area contributed by atoms with Crippen LogP contribution >= 0.6 is 0 Å². The molecule has 2 aliphatic rings. The minimum absolute atomic E-state index is 0.214. The van der Waals surface area contributed by atoms with Crippen LogP contribution in [0.1, 0.15) is 50.2 Å². The molecule has 1 aliphatic heterocycles. The van der Waals surface area contributed by atoms with Gasteiger partial charge in [-0.05, 0) is 54.2 Å². The first kappa shape index (κ1) is 21.8. The molecule has 0 bridgehead atoms. The fraction of sp³-hybridized carbons (Fsp3) is 0.500. The van der Waals surface area contributed by atoms with Gasteiger partial charge in [0.05, 0.1) is 0 Å². The van der Waals surface area contributed by atoms with Crippen LogP contribution < -0.4 is 4.90 Å². The molecular weight excluding hydrogens is 389 g/mol. The fourth-order valence-electron chi connectivity index (χ4n) is 4.34. The molecule has 2 fully saturated rings. The normalized spacial score (nSPS) is 16.9. The van der Waals surface area contributed by atoms with Crippen molar-refractivity contribution in [3.8, 4) is 0 Å². The van der Waals surface area contributed by atoms with Crippen LogP contribution in [0.2, 0.25) is 0 Å². The first-order valence-electron chi connectivity index (χ1n) is 11.6. The van der Waals surface area contributed by atoms with E-state index in [4.69, 9.17) is 0 Å². The van der Waals surface area contributed by atoms with Gasteiger partial charge in [-0.2, -0.15) is 0 Å². The van der Waals surface area contributed by atoms with Crippen molar-refractivity contribution in [3.63, 3.8) is 0 Å². The summed E-state index contributed by atoms with van der Waals surface area (Å²) in [6.45, 7) is 9.25. The average Bonchev–Trinajstić information content (AvgIpc) is 3.63. The number of hydrogen-bond acceptors (Lipinski definition) is 3. The highest BCUT2D eigenvalue weighted by Gasteiger charge is 2.30. The van der Waals surface area contributed by atoms with Crippen LogP contribution in [-0.4, -0.2) is 54.5 Å². The van der Waals surface area contributed by atoms with Gasteiger partial charge in [0.1, 0.15) is 5.82 Å². The lowest BCUT2D eigenvalue weighted by Gasteiger charge is -2.36. The van der Waals surface area contributed by atoms with Gasteiger partial charge in [-0.15, -0.1) is 0 Å². The second kappa shape index (κ2) is 9.82. The summed E-state index contributed by atoms with van der Waals surface area (Å²) in [5, 5.41) is 0. The highest BCUT2D eigenvalue weighted by Crippen LogP contribution is 2.29. The van der Waals surface area contributed by atoms with Gasteiger partial charge in [-0.25, -0.2) is 4.39 Å². The van der Waals surface area contributed by atoms with Crippen LogP contribution in [0.25, 0.3) is 0 Å². The Kier molecular flexibility index (Phi) is 6.91. The van der Waals surface area contributed by atoms with Gasteiger partial charge in [-0.1, -0.05) is 38.1 Å². The molecule has 4 nitrogen and oxygen atoms in total. The summed E-state index contributed by atoms with van der Waals surface area (Å²) in [5.74, 6) is 0.586. The number of benzene rings is 2. The van der Waals surface area contributed by atoms with E-state index in [1.54, 1.807) is 0 Å². The summed E-state index contributed by atoms with van der Waals surface area (Å²) in [5.41, 5.74) is 3.73. The van der Waals surface area contributed by atoms with E-state index in [2.05, 4.69) is 47.9 Å². The van der Waals surface area contributed by atoms with Gasteiger partial charge in [0.15, 0.2) is 0 Å². The van der Waals surface area contributed by atoms with E-state index in [0.29, 0.717) is 18.4 Å². The number of amides is 1. The van der Waals surface area contributed by atoms with E-state index < -0.39 is 0 Å². The zero-order valence-electron chi connectivity index (χ0n) is 18.8. The summed E-state index contributed by atoms with van der Waals surface area (Å²) < 4.78 is 13.1. The molecule has 166 valence electrons. The van der Waals surface area contributed by atoms with Crippen LogP contribution in [0.15, 0.2) is 48.5 Å². The molecule has 31 heavy (non-hydrogen) atoms. The smallest absolute Gasteiger partial charge is 0.223 e. The molecule has 5 heteroatoms. The fourth-order valence-corrected chi connectivity index (χ4v) is 4.34. The molecule has 0 aromatic heterocycles. The van der Waals surface area contributed by atoms with Gasteiger partial charge in [0, 0.05) is 57.4 Å². The Morgan fingerprint density at radius 2 is 1.65 bits per heavy atom. The molecule has 0 spiro atoms. The van der Waals surface area contributed by atoms with Crippen molar-refractivity contribution in [2.24, 2.45) is 0 Å². The standard InChI is InChI=1S/C26H34FN3O/c1-20(2)22-5-3-21(4-6-22)19-30(25-11-12-25)14-13-26(31)29-17-15-28(16-18-29)24-9-7-23(27)8-10-24/h3-10,20,25H,11-19H2,1-2H3. The molecule has 0 radical (unpaired) electrons. The highest BCUT2D eigenvalue weighted by atomic mass is 19.1. The van der Waals surface area contributed by atoms with Crippen molar-refractivity contribution in [2.75, 3.05) is 37.6 Å². The van der Waals surface area contributed by atoms with E-state index in [1.807, 2.05) is 17.0 Å². The number of rotatable bonds is 8. The number of anilines is 1. The SMILES string of the molecule is CC(C)c1ccc(CN(CCC(=O)N2CCN(c3ccc(F)cc3)CC2)C2CC2)cc1. The molecule has 4 rings (SSSR count). The van der Waals surface area contributed by atoms with E-state index in [-0.39, 0.29) is 11.7 Å². The molecule has 0 atom stereocenters. The third kappa shape index (κ3) is 5.85. The maximum atomic E-state index is 13.1. The first-order chi connectivity index (χ1) is 15.0. The molecule has 0 unspecified atom stereocenters. The van der Waals surface area contributed by atoms with E-state index in [1.165, 1.54) is 36.1 Å². The molecule has 1 aliphatic carbocycles. The number of carbonyl (C=O) groups excluding carboxylic acids is 1. The van der Waals surface area contributed by atoms with Crippen molar-refractivity contribution < 1.29 is 9.18 Å². The van der Waals surface area contributed by atoms with Crippen molar-refractivity contribution in [3.05, 3.63) is 65.5 Å². The Morgan fingerprint density at radius 1 is 1.00 bits per heavy atom. The number of nitrogens with zero attached hydrogens (tertiary/aromatic N) is 3. The van der Waals surface area contributed by atoms with Gasteiger partial charge in [0.2, 0.25) is 5.91 Å². The summed E-state index contributed by atoms with van der Waals surface area (Å²) in [4.78, 5) is 19.5. The van der Waals surface area contributed by atoms with Crippen LogP contribution in [0, 0.1) is 5.82 Å². The third-order valence-corrected chi connectivity index (χ3v) is 6.53. The van der Waals surface area contributed by atoms with Crippen molar-refractivity contribution >= 4 is 11.6 Å². The predicted octanol–water partition coefficient (Wildman–Crippen LogP) is 4.65. The average molecular weight is 424 g/mol. The van der Waals surface area contributed by atoms with Crippen molar-refractivity contribution in [1.29, 1.82) is 0 Å². The lowest BCUT2D eigenvalue weighted by Crippen LogP contribution is -2.49. The van der Waals surface area contributed by atoms with E-state index in [0.717, 1.165) is 45.0 Å². The Balaban J connectivity index is 1.25. The van der Waals surface area contributed by atoms with Crippen molar-refractivity contribution in [1.82, 2.24) is 9.80 Å². The third-order valence-electron chi connectivity index (χ3n) is 6.53. The van der Waals surface area contributed by atoms with Gasteiger partial charge in [-0.3, -0.25) is 9.69 Å². The van der Waals surface area contributed by atoms with Gasteiger partial charge < -0.3 is 9.80 Å². The monoisotopic (exact) mass is 423 g/mol. The number of halogens is 1. The van der Waals surface area contributed by atoms with Crippen LogP contribution in [0.3, 0.4) is 0 Å². The first-order valence-corrected chi connectivity index (χ1v) is 11.6. The Labute approximate surface area is 185 Å². The molecule has 2 aromatic rings. The van der Waals surface area contributed by atoms with Crippen LogP contribution in [-0.2, 0) is 11.3 Å². The van der Waals surface area contributed by atoms with Crippen LogP contribution in [0.5, 0.6) is 0 Å². The van der Waals surface area contributed by atoms with E-state index >= 15 is 0 Å². The number of carbonyl (C=O) groups is 1. The molecule has 0 N–H and O–H groups in total. The molecule has 1 saturated heterocycles. The number of piperazine rings is 1. The Bertz CT molecular complexity index is 853. The molecule has 1 saturated carbocycles. The molecule has 1 heterocycles. The quantitative estimate of drug-likeness (QED) is 0.618. The van der Waals surface area contributed by atoms with E-state index in [9.17, 15) is 9.18 Å². The van der Waals surface area contributed by atoms with Gasteiger partial charge >= 0.3 is 0 Å². The zero-order chi connectivity index (χ0) is 21.8. The molecular formula is C26H34FN3O. The molecule has 1 amide bonds. The largest absolute Gasteiger partial charge is 0.368 e. The zero-order valence-corrected chi connectivity index (χ0v) is 18.8. The maximum Gasteiger partial charge on any atom is 0.223 e. The van der Waals surface area contributed by atoms with Crippen molar-refractivity contribution in [2.45, 2.75) is 51.6 Å². The lowest BCUT2D eigenvalue weighted by atomic mass is 10.0. The lowest BCUT2D eigenvalue weighted by molar-refractivity contribution is -0.131. The Morgan fingerprint density at radius 3 is 2.23 bits per heavy atom. The maximum absolute atomic E-state index is 13.1. The summed E-state index contributed by atoms with van der Waals surface area (Å²) >= 11 is 0. The topological polar surface area (TPSA) is 26.8 Å². The number of hydrogen-bond donors (Lipinski definition) is 0. The second-order valence-electron chi connectivity index (χ2n) is 9.19. The minimum Gasteiger partial charge on any atom is -0.368 e. The molecule has 2 aromatic carbocycles. The van der Waals surface area contributed by atoms with Gasteiger partial charge in [0.25, 0.3) is 0 Å². The minimum atomic E-state index is -0.214. The predicted molar refractivity (Wildman–Crippen MR) is 124 cm³/mol. The summed E-state index contributed by atoms with van der Waals surface area (Å²) in [6.07, 6.45) is 3.07. The summed E-state index contributed by atoms with van der Waals surface area (Å²) in [6, 6.07) is 16.2. The second-order valence-corrected chi connectivity index (χ2v) is 9.19. The van der Waals surface area contributed by atoms with Crippen LogP contribution in [0.4, 0.5) is 10.1 Å². The highest BCUT2D eigenvalue weighted by molar-refractivity contribution is 5.76. The summed E-state index contributed by atoms with van der Waals surface area (Å²) in [7, 11) is 0.